The molecule has 26 nitrogen and oxygen atoms in total. The average molecular weight is 1490 g/mol. The molecule has 0 aromatic heterocycles. The summed E-state index contributed by atoms with van der Waals surface area (Å²) in [5.41, 5.74) is 19.9. The molecular formula is C77H111N13O13S2. The minimum atomic E-state index is -1.79. The third kappa shape index (κ3) is 27.6. The number of rotatable bonds is 28. The van der Waals surface area contributed by atoms with E-state index in [-0.39, 0.29) is 68.5 Å². The van der Waals surface area contributed by atoms with Crippen LogP contribution < -0.4 is 64.6 Å². The third-order valence-corrected chi connectivity index (χ3v) is 21.2. The highest BCUT2D eigenvalue weighted by Crippen LogP contribution is 2.28. The largest absolute Gasteiger partial charge is 0.377 e. The Bertz CT molecular complexity index is 3570. The molecule has 5 aromatic rings. The predicted octanol–water partition coefficient (Wildman–Crippen LogP) is 1.89. The fourth-order valence-electron chi connectivity index (χ4n) is 12.8. The number of carbonyl (C=O) groups is 7. The maximum absolute atomic E-state index is 15.1. The van der Waals surface area contributed by atoms with Gasteiger partial charge in [0.2, 0.25) is 29.5 Å². The lowest BCUT2D eigenvalue weighted by Crippen LogP contribution is -2.63. The molecule has 28 heteroatoms. The van der Waals surface area contributed by atoms with E-state index < -0.39 is 145 Å². The Morgan fingerprint density at radius 3 is 1.91 bits per heavy atom. The van der Waals surface area contributed by atoms with E-state index in [9.17, 15) is 54.6 Å². The second kappa shape index (κ2) is 42.5. The van der Waals surface area contributed by atoms with Crippen LogP contribution in [0.2, 0.25) is 0 Å². The first-order valence-corrected chi connectivity index (χ1v) is 38.7. The van der Waals surface area contributed by atoms with Crippen molar-refractivity contribution in [2.24, 2.45) is 23.3 Å². The second-order valence-electron chi connectivity index (χ2n) is 28.6. The van der Waals surface area contributed by atoms with E-state index in [1.807, 2.05) is 155 Å². The van der Waals surface area contributed by atoms with Crippen LogP contribution in [0.5, 0.6) is 0 Å². The smallest absolute Gasteiger partial charge is 0.244 e. The number of nitrogens with zero attached hydrogens (tertiary/aromatic N) is 1. The van der Waals surface area contributed by atoms with Gasteiger partial charge < -0.3 is 68.7 Å². The number of aliphatic hydroxyl groups excluding tert-OH is 6. The van der Waals surface area contributed by atoms with Gasteiger partial charge in [-0.3, -0.25) is 65.0 Å². The number of benzene rings is 5. The molecule has 2 aliphatic rings. The van der Waals surface area contributed by atoms with Crippen molar-refractivity contribution >= 4 is 62.7 Å². The lowest BCUT2D eigenvalue weighted by Gasteiger charge is -2.34. The molecule has 2 unspecified atom stereocenters. The monoisotopic (exact) mass is 1490 g/mol. The van der Waals surface area contributed by atoms with Crippen molar-refractivity contribution in [2.75, 3.05) is 24.6 Å². The molecule has 0 aliphatic carbocycles. The molecule has 16 atom stereocenters. The van der Waals surface area contributed by atoms with E-state index in [1.54, 1.807) is 18.7 Å². The highest BCUT2D eigenvalue weighted by Gasteiger charge is 2.41. The van der Waals surface area contributed by atoms with E-state index >= 15 is 9.59 Å². The van der Waals surface area contributed by atoms with Gasteiger partial charge in [0.25, 0.3) is 0 Å². The number of hydrogen-bond acceptors (Lipinski definition) is 23. The van der Waals surface area contributed by atoms with Crippen LogP contribution in [0, 0.1) is 25.7 Å². The number of nitrogens with two attached hydrogens (primary N) is 2. The van der Waals surface area contributed by atoms with Crippen LogP contribution in [0.3, 0.4) is 0 Å². The second-order valence-corrected chi connectivity index (χ2v) is 31.1. The first-order chi connectivity index (χ1) is 50.0. The molecule has 574 valence electrons. The van der Waals surface area contributed by atoms with Gasteiger partial charge in [-0.05, 0) is 117 Å². The number of hydrogen-bond donors (Lipinski definition) is 18. The molecule has 0 spiro atoms. The number of amides is 5. The van der Waals surface area contributed by atoms with Crippen LogP contribution in [0.1, 0.15) is 113 Å². The number of carbonyl (C=O) groups excluding carboxylic acids is 7. The van der Waals surface area contributed by atoms with Gasteiger partial charge in [-0.2, -0.15) is 0 Å². The number of likely N-dealkylation sites (tertiary alicyclic amines) is 1. The van der Waals surface area contributed by atoms with Crippen LogP contribution in [0.25, 0.3) is 11.1 Å². The summed E-state index contributed by atoms with van der Waals surface area (Å²) in [5, 5.41) is 102. The number of nitrogens with one attached hydrogen (secondary N) is 10. The van der Waals surface area contributed by atoms with E-state index in [1.165, 1.54) is 13.8 Å². The van der Waals surface area contributed by atoms with Gasteiger partial charge in [0.1, 0.15) is 61.0 Å². The molecule has 7 rings (SSSR count). The highest BCUT2D eigenvalue weighted by atomic mass is 33.1. The van der Waals surface area contributed by atoms with Gasteiger partial charge in [0.05, 0.1) is 42.3 Å². The van der Waals surface area contributed by atoms with E-state index in [4.69, 9.17) is 11.5 Å². The molecule has 2 heterocycles. The summed E-state index contributed by atoms with van der Waals surface area (Å²) in [6, 6.07) is 27.3. The normalized spacial score (nSPS) is 24.1. The Kier molecular flexibility index (Phi) is 34.5. The SMILES string of the molecule is CC(=O)C[C@@H]1NC(=O)[C@@H](NC(=O)[C@@H]2CCCN2[C@H](O)[C@@H](N)CC(C)C)CSSC[C@@H](C(O)N[C@@H](Cc2ccc(-c3ccccc3)cc2)C(=O)N[C@@H](CC(C)=O)[C@@H](O)NCc2cccc(CN)c2)NC(=O)[C@H](C(C)C)N[C@H](O)CN[C@@H](O)[C@H](Cc2ccc(C)cc2)NC(O)[C@H](Cc2ccc(C)cc2)NC1=O. The number of aryl methyl sites for hydroxylation is 2. The molecule has 0 bridgehead atoms. The molecule has 105 heavy (non-hydrogen) atoms. The van der Waals surface area contributed by atoms with Crippen molar-refractivity contribution in [1.29, 1.82) is 0 Å². The van der Waals surface area contributed by atoms with E-state index in [0.717, 1.165) is 60.5 Å². The number of β-amino-alcohol motifs (C(OH)–C–C–N with tert-alkyl or cyclic N) is 1. The van der Waals surface area contributed by atoms with Gasteiger partial charge in [-0.1, -0.05) is 188 Å². The summed E-state index contributed by atoms with van der Waals surface area (Å²) in [7, 11) is 2.11. The topological polar surface area (TPSA) is 416 Å². The quantitative estimate of drug-likeness (QED) is 0.0251. The summed E-state index contributed by atoms with van der Waals surface area (Å²) in [5.74, 6) is -5.49. The van der Waals surface area contributed by atoms with Crippen LogP contribution in [-0.2, 0) is 65.9 Å². The maximum Gasteiger partial charge on any atom is 0.244 e. The number of aliphatic hydroxyl groups is 6. The van der Waals surface area contributed by atoms with Crippen molar-refractivity contribution in [3.63, 3.8) is 0 Å². The molecular weight excluding hydrogens is 1380 g/mol. The van der Waals surface area contributed by atoms with Crippen molar-refractivity contribution in [2.45, 2.75) is 218 Å². The lowest BCUT2D eigenvalue weighted by atomic mass is 9.99. The Labute approximate surface area is 624 Å². The Hall–Kier alpha value is -7.07. The minimum absolute atomic E-state index is 0.0121. The fraction of sp³-hybridized carbons (Fsp3) is 0.519. The van der Waals surface area contributed by atoms with Crippen molar-refractivity contribution in [3.05, 3.63) is 166 Å². The van der Waals surface area contributed by atoms with Gasteiger partial charge in [0, 0.05) is 56.6 Å². The van der Waals surface area contributed by atoms with Crippen molar-refractivity contribution in [3.8, 4) is 11.1 Å². The zero-order chi connectivity index (χ0) is 76.4. The number of ketones is 2. The summed E-state index contributed by atoms with van der Waals surface area (Å²) in [4.78, 5) is 102. The average Bonchev–Trinajstić information content (AvgIpc) is 1.82. The van der Waals surface area contributed by atoms with Crippen LogP contribution in [-0.4, -0.2) is 199 Å². The fourth-order valence-corrected chi connectivity index (χ4v) is 15.2. The molecule has 20 N–H and O–H groups in total. The maximum atomic E-state index is 15.1. The van der Waals surface area contributed by atoms with Crippen LogP contribution in [0.15, 0.2) is 127 Å². The highest BCUT2D eigenvalue weighted by molar-refractivity contribution is 8.76. The first-order valence-electron chi connectivity index (χ1n) is 36.2. The zero-order valence-corrected chi connectivity index (χ0v) is 63.0. The molecule has 5 amide bonds. The summed E-state index contributed by atoms with van der Waals surface area (Å²) in [6.07, 6.45) is -8.66. The number of Topliss-reactive ketones (excluding diaryl/α,β-unsaturated/α-hetero) is 2. The van der Waals surface area contributed by atoms with Crippen LogP contribution >= 0.6 is 21.6 Å². The van der Waals surface area contributed by atoms with Crippen LogP contribution in [0.4, 0.5) is 0 Å². The van der Waals surface area contributed by atoms with Crippen molar-refractivity contribution < 1.29 is 64.2 Å². The van der Waals surface area contributed by atoms with E-state index in [0.29, 0.717) is 36.9 Å². The van der Waals surface area contributed by atoms with Gasteiger partial charge in [0.15, 0.2) is 0 Å². The Morgan fingerprint density at radius 1 is 0.676 bits per heavy atom. The van der Waals surface area contributed by atoms with Gasteiger partial charge in [-0.25, -0.2) is 0 Å². The van der Waals surface area contributed by atoms with E-state index in [2.05, 4.69) is 53.2 Å². The van der Waals surface area contributed by atoms with Crippen molar-refractivity contribution in [1.82, 2.24) is 58.1 Å². The molecule has 0 radical (unpaired) electrons. The molecule has 2 fully saturated rings. The molecule has 2 aliphatic heterocycles. The zero-order valence-electron chi connectivity index (χ0n) is 61.4. The summed E-state index contributed by atoms with van der Waals surface area (Å²) < 4.78 is 0. The Balaban J connectivity index is 1.26. The molecule has 0 saturated carbocycles. The predicted molar refractivity (Wildman–Crippen MR) is 408 cm³/mol. The summed E-state index contributed by atoms with van der Waals surface area (Å²) >= 11 is 0. The Morgan fingerprint density at radius 2 is 1.30 bits per heavy atom. The van der Waals surface area contributed by atoms with Gasteiger partial charge in [-0.15, -0.1) is 0 Å². The van der Waals surface area contributed by atoms with Gasteiger partial charge >= 0.3 is 0 Å². The molecule has 2 saturated heterocycles. The lowest BCUT2D eigenvalue weighted by molar-refractivity contribution is -0.136. The minimum Gasteiger partial charge on any atom is -0.377 e. The third-order valence-electron chi connectivity index (χ3n) is 18.7. The standard InChI is InChI=1S/C77H111N13O13S2/c1-44(2)32-57(79)77(103)90-31-13-18-65(90)75(101)87-63-42-104-105-43-64(74(100)86-62(38-52-27-29-56(30-28-52)55-16-10-9-11-17-55)71(97)82-58(33-48(7)91)68(94)80-40-54-15-12-14-53(35-54)39-78)88-76(102)67(45(3)4)89-66(93)41-81-69(95)60(36-50-23-19-46(5)20-24-50)84-72(98)61(37-51-25-21-47(6)22-26-51)85-70(96)59(34-49(8)92)83-73(63)99/h9-12,14-17,19-30,35,44-45,57-69,72,74,77,80-81,84,86,89,93-95,98,100,103H,13,18,31-34,36-43,78-79H2,1-8H3,(H,82,97)(H,83,99)(H,85,96)(H,87,101)(H,88,102)/t57-,58-,59-,60-,61-,62-,63-,64-,65-,66+,67-,68+,69-,72?,74?,77+/m0/s1. The summed E-state index contributed by atoms with van der Waals surface area (Å²) in [6.45, 7) is 14.2. The first kappa shape index (κ1) is 85.2. The molecule has 5 aromatic carbocycles.